The summed E-state index contributed by atoms with van der Waals surface area (Å²) in [5.41, 5.74) is 0.769. The maximum absolute atomic E-state index is 13.8. The SMILES string of the molecule is C[C@H]1C(=O)N(c2ccc(Cl)cc2)CCN1Cc1c(F)cccc1F. The average Bonchev–Trinajstić information content (AvgIpc) is 2.56. The minimum Gasteiger partial charge on any atom is -0.310 e. The number of benzene rings is 2. The van der Waals surface area contributed by atoms with Gasteiger partial charge < -0.3 is 4.90 Å². The lowest BCUT2D eigenvalue weighted by molar-refractivity contribution is -0.125. The Morgan fingerprint density at radius 2 is 1.71 bits per heavy atom. The van der Waals surface area contributed by atoms with Gasteiger partial charge in [0.05, 0.1) is 6.04 Å². The highest BCUT2D eigenvalue weighted by Gasteiger charge is 2.33. The molecule has 3 nitrogen and oxygen atoms in total. The van der Waals surface area contributed by atoms with Crippen LogP contribution in [0.4, 0.5) is 14.5 Å². The summed E-state index contributed by atoms with van der Waals surface area (Å²) in [7, 11) is 0. The van der Waals surface area contributed by atoms with Crippen molar-refractivity contribution in [3.8, 4) is 0 Å². The van der Waals surface area contributed by atoms with Crippen LogP contribution in [-0.4, -0.2) is 29.9 Å². The highest BCUT2D eigenvalue weighted by atomic mass is 35.5. The lowest BCUT2D eigenvalue weighted by atomic mass is 10.1. The molecule has 0 radical (unpaired) electrons. The van der Waals surface area contributed by atoms with E-state index in [1.54, 1.807) is 41.0 Å². The number of piperazine rings is 1. The predicted octanol–water partition coefficient (Wildman–Crippen LogP) is 3.86. The molecule has 0 saturated carbocycles. The van der Waals surface area contributed by atoms with Crippen molar-refractivity contribution in [1.29, 1.82) is 0 Å². The van der Waals surface area contributed by atoms with Gasteiger partial charge in [0.15, 0.2) is 0 Å². The predicted molar refractivity (Wildman–Crippen MR) is 90.0 cm³/mol. The van der Waals surface area contributed by atoms with Crippen LogP contribution in [0.1, 0.15) is 12.5 Å². The van der Waals surface area contributed by atoms with Crippen molar-refractivity contribution in [2.24, 2.45) is 0 Å². The maximum atomic E-state index is 13.8. The molecule has 0 aliphatic carbocycles. The second-order valence-electron chi connectivity index (χ2n) is 5.81. The van der Waals surface area contributed by atoms with E-state index in [4.69, 9.17) is 11.6 Å². The maximum Gasteiger partial charge on any atom is 0.244 e. The Morgan fingerprint density at radius 1 is 1.08 bits per heavy atom. The third kappa shape index (κ3) is 3.28. The summed E-state index contributed by atoms with van der Waals surface area (Å²) in [6.07, 6.45) is 0. The molecule has 1 aliphatic heterocycles. The van der Waals surface area contributed by atoms with E-state index in [2.05, 4.69) is 0 Å². The smallest absolute Gasteiger partial charge is 0.244 e. The first-order chi connectivity index (χ1) is 11.5. The van der Waals surface area contributed by atoms with E-state index in [0.717, 1.165) is 5.69 Å². The van der Waals surface area contributed by atoms with E-state index in [-0.39, 0.29) is 18.0 Å². The fourth-order valence-electron chi connectivity index (χ4n) is 2.89. The van der Waals surface area contributed by atoms with Crippen LogP contribution in [0.5, 0.6) is 0 Å². The van der Waals surface area contributed by atoms with E-state index >= 15 is 0 Å². The molecule has 0 spiro atoms. The van der Waals surface area contributed by atoms with Gasteiger partial charge in [-0.2, -0.15) is 0 Å². The van der Waals surface area contributed by atoms with Gasteiger partial charge >= 0.3 is 0 Å². The Kier molecular flexibility index (Phi) is 4.83. The molecule has 0 unspecified atom stereocenters. The molecule has 3 rings (SSSR count). The van der Waals surface area contributed by atoms with Crippen molar-refractivity contribution in [2.45, 2.75) is 19.5 Å². The summed E-state index contributed by atoms with van der Waals surface area (Å²) >= 11 is 5.88. The summed E-state index contributed by atoms with van der Waals surface area (Å²) in [6.45, 7) is 2.81. The highest BCUT2D eigenvalue weighted by molar-refractivity contribution is 6.30. The van der Waals surface area contributed by atoms with Crippen molar-refractivity contribution >= 4 is 23.2 Å². The lowest BCUT2D eigenvalue weighted by Gasteiger charge is -2.39. The molecule has 1 atom stereocenters. The second-order valence-corrected chi connectivity index (χ2v) is 6.25. The van der Waals surface area contributed by atoms with E-state index < -0.39 is 17.7 Å². The van der Waals surface area contributed by atoms with Crippen molar-refractivity contribution in [1.82, 2.24) is 4.90 Å². The van der Waals surface area contributed by atoms with Crippen LogP contribution in [0.15, 0.2) is 42.5 Å². The zero-order valence-electron chi connectivity index (χ0n) is 13.2. The number of hydrogen-bond donors (Lipinski definition) is 0. The minimum absolute atomic E-state index is 0.00269. The van der Waals surface area contributed by atoms with Crippen molar-refractivity contribution < 1.29 is 13.6 Å². The molecule has 0 bridgehead atoms. The molecular formula is C18H17ClF2N2O. The Bertz CT molecular complexity index is 731. The van der Waals surface area contributed by atoms with E-state index in [1.165, 1.54) is 18.2 Å². The molecule has 0 N–H and O–H groups in total. The number of nitrogens with zero attached hydrogens (tertiary/aromatic N) is 2. The number of carbonyl (C=O) groups excluding carboxylic acids is 1. The fourth-order valence-corrected chi connectivity index (χ4v) is 3.02. The van der Waals surface area contributed by atoms with Gasteiger partial charge in [0.1, 0.15) is 11.6 Å². The Morgan fingerprint density at radius 3 is 2.33 bits per heavy atom. The first-order valence-electron chi connectivity index (χ1n) is 7.71. The van der Waals surface area contributed by atoms with E-state index in [9.17, 15) is 13.6 Å². The molecular weight excluding hydrogens is 334 g/mol. The van der Waals surface area contributed by atoms with Crippen LogP contribution in [0, 0.1) is 11.6 Å². The summed E-state index contributed by atoms with van der Waals surface area (Å²) in [5.74, 6) is -1.27. The van der Waals surface area contributed by atoms with Crippen molar-refractivity contribution in [2.75, 3.05) is 18.0 Å². The van der Waals surface area contributed by atoms with Gasteiger partial charge in [0.2, 0.25) is 5.91 Å². The van der Waals surface area contributed by atoms with Crippen LogP contribution in [0.25, 0.3) is 0 Å². The van der Waals surface area contributed by atoms with Gasteiger partial charge in [-0.15, -0.1) is 0 Å². The summed E-state index contributed by atoms with van der Waals surface area (Å²) in [6, 6.07) is 10.4. The van der Waals surface area contributed by atoms with E-state index in [0.29, 0.717) is 18.1 Å². The third-order valence-electron chi connectivity index (χ3n) is 4.34. The van der Waals surface area contributed by atoms with Crippen LogP contribution < -0.4 is 4.90 Å². The number of rotatable bonds is 3. The number of halogens is 3. The van der Waals surface area contributed by atoms with Gasteiger partial charge in [-0.25, -0.2) is 8.78 Å². The fraction of sp³-hybridized carbons (Fsp3) is 0.278. The monoisotopic (exact) mass is 350 g/mol. The van der Waals surface area contributed by atoms with E-state index in [1.807, 2.05) is 0 Å². The lowest BCUT2D eigenvalue weighted by Crippen LogP contribution is -2.55. The topological polar surface area (TPSA) is 23.6 Å². The normalized spacial score (nSPS) is 18.9. The van der Waals surface area contributed by atoms with Gasteiger partial charge in [-0.05, 0) is 43.3 Å². The van der Waals surface area contributed by atoms with Crippen LogP contribution in [-0.2, 0) is 11.3 Å². The first-order valence-corrected chi connectivity index (χ1v) is 8.09. The molecule has 1 amide bonds. The average molecular weight is 351 g/mol. The molecule has 2 aromatic rings. The molecule has 0 aromatic heterocycles. The first kappa shape index (κ1) is 16.9. The summed E-state index contributed by atoms with van der Waals surface area (Å²) in [4.78, 5) is 16.1. The second kappa shape index (κ2) is 6.87. The molecule has 2 aromatic carbocycles. The van der Waals surface area contributed by atoms with Crippen LogP contribution in [0.3, 0.4) is 0 Å². The minimum atomic E-state index is -0.588. The number of carbonyl (C=O) groups is 1. The molecule has 1 aliphatic rings. The molecule has 126 valence electrons. The largest absolute Gasteiger partial charge is 0.310 e. The highest BCUT2D eigenvalue weighted by Crippen LogP contribution is 2.24. The van der Waals surface area contributed by atoms with Gasteiger partial charge in [0, 0.05) is 35.9 Å². The quantitative estimate of drug-likeness (QED) is 0.839. The van der Waals surface area contributed by atoms with Crippen molar-refractivity contribution in [3.05, 3.63) is 64.7 Å². The van der Waals surface area contributed by atoms with Crippen LogP contribution in [0.2, 0.25) is 5.02 Å². The Balaban J connectivity index is 1.76. The molecule has 1 fully saturated rings. The molecule has 24 heavy (non-hydrogen) atoms. The number of anilines is 1. The molecule has 6 heteroatoms. The van der Waals surface area contributed by atoms with Crippen LogP contribution >= 0.6 is 11.6 Å². The van der Waals surface area contributed by atoms with Gasteiger partial charge in [0.25, 0.3) is 0 Å². The Hall–Kier alpha value is -1.98. The molecule has 1 heterocycles. The van der Waals surface area contributed by atoms with Gasteiger partial charge in [-0.3, -0.25) is 9.69 Å². The number of amides is 1. The molecule has 1 saturated heterocycles. The van der Waals surface area contributed by atoms with Crippen molar-refractivity contribution in [3.63, 3.8) is 0 Å². The zero-order valence-corrected chi connectivity index (χ0v) is 13.9. The summed E-state index contributed by atoms with van der Waals surface area (Å²) < 4.78 is 27.7. The number of hydrogen-bond acceptors (Lipinski definition) is 2. The van der Waals surface area contributed by atoms with Gasteiger partial charge in [-0.1, -0.05) is 17.7 Å². The standard InChI is InChI=1S/C18H17ClF2N2O/c1-12-18(24)23(14-7-5-13(19)6-8-14)10-9-22(12)11-15-16(20)3-2-4-17(15)21/h2-8,12H,9-11H2,1H3/t12-/m0/s1. The summed E-state index contributed by atoms with van der Waals surface area (Å²) in [5, 5.41) is 0.605. The zero-order chi connectivity index (χ0) is 17.3. The third-order valence-corrected chi connectivity index (χ3v) is 4.60. The Labute approximate surface area is 144 Å².